The van der Waals surface area contributed by atoms with Crippen molar-refractivity contribution < 1.29 is 13.5 Å². The number of para-hydroxylation sites is 1. The van der Waals surface area contributed by atoms with E-state index in [2.05, 4.69) is 4.98 Å². The van der Waals surface area contributed by atoms with Crippen LogP contribution in [-0.4, -0.2) is 4.98 Å². The Labute approximate surface area is 125 Å². The molecule has 0 saturated heterocycles. The van der Waals surface area contributed by atoms with Crippen molar-refractivity contribution >= 4 is 22.5 Å². The third-order valence-corrected chi connectivity index (χ3v) is 3.32. The number of benzene rings is 2. The van der Waals surface area contributed by atoms with Gasteiger partial charge in [-0.1, -0.05) is 18.2 Å². The summed E-state index contributed by atoms with van der Waals surface area (Å²) < 4.78 is 31.9. The molecule has 0 N–H and O–H groups in total. The summed E-state index contributed by atoms with van der Waals surface area (Å²) in [5.74, 6) is -1.02. The van der Waals surface area contributed by atoms with Crippen LogP contribution in [0.3, 0.4) is 0 Å². The van der Waals surface area contributed by atoms with Crippen LogP contribution in [0.2, 0.25) is 0 Å². The van der Waals surface area contributed by atoms with Crippen LogP contribution in [0.25, 0.3) is 10.9 Å². The highest BCUT2D eigenvalue weighted by Crippen LogP contribution is 2.28. The van der Waals surface area contributed by atoms with Gasteiger partial charge in [0, 0.05) is 23.4 Å². The molecule has 21 heavy (non-hydrogen) atoms. The lowest BCUT2D eigenvalue weighted by atomic mass is 10.1. The van der Waals surface area contributed by atoms with Crippen LogP contribution < -0.4 is 4.74 Å². The van der Waals surface area contributed by atoms with Crippen molar-refractivity contribution in [3.8, 4) is 11.6 Å². The number of hydrogen-bond acceptors (Lipinski definition) is 2. The van der Waals surface area contributed by atoms with E-state index in [4.69, 9.17) is 16.3 Å². The normalized spacial score (nSPS) is 10.8. The molecule has 0 fully saturated rings. The number of fused-ring (bicyclic) bond motifs is 1. The van der Waals surface area contributed by atoms with Gasteiger partial charge in [-0.25, -0.2) is 13.8 Å². The molecular formula is C16H10ClF2NO. The van der Waals surface area contributed by atoms with Gasteiger partial charge in [0.1, 0.15) is 5.82 Å². The molecular weight excluding hydrogens is 296 g/mol. The van der Waals surface area contributed by atoms with E-state index in [0.717, 1.165) is 23.1 Å². The van der Waals surface area contributed by atoms with Crippen LogP contribution in [0.15, 0.2) is 48.5 Å². The van der Waals surface area contributed by atoms with Crippen molar-refractivity contribution in [3.63, 3.8) is 0 Å². The van der Waals surface area contributed by atoms with Gasteiger partial charge in [-0.15, -0.1) is 11.6 Å². The molecule has 0 radical (unpaired) electrons. The number of ether oxygens (including phenoxy) is 1. The van der Waals surface area contributed by atoms with Gasteiger partial charge < -0.3 is 4.74 Å². The molecule has 0 unspecified atom stereocenters. The van der Waals surface area contributed by atoms with E-state index in [0.29, 0.717) is 5.52 Å². The fourth-order valence-corrected chi connectivity index (χ4v) is 2.28. The first-order chi connectivity index (χ1) is 10.2. The molecule has 1 aromatic heterocycles. The molecule has 106 valence electrons. The monoisotopic (exact) mass is 305 g/mol. The minimum Gasteiger partial charge on any atom is -0.436 e. The van der Waals surface area contributed by atoms with Crippen LogP contribution in [0.4, 0.5) is 8.78 Å². The SMILES string of the molecule is Fc1ccc(Oc2cc(CCl)c3ccccc3n2)c(F)c1. The van der Waals surface area contributed by atoms with Crippen molar-refractivity contribution in [2.45, 2.75) is 5.88 Å². The van der Waals surface area contributed by atoms with E-state index in [1.165, 1.54) is 6.07 Å². The predicted molar refractivity (Wildman–Crippen MR) is 77.7 cm³/mol. The maximum atomic E-state index is 13.6. The average molecular weight is 306 g/mol. The molecule has 0 aliphatic heterocycles. The first-order valence-corrected chi connectivity index (χ1v) is 6.78. The number of alkyl halides is 1. The van der Waals surface area contributed by atoms with Gasteiger partial charge in [-0.3, -0.25) is 0 Å². The fourth-order valence-electron chi connectivity index (χ4n) is 2.05. The third-order valence-electron chi connectivity index (χ3n) is 3.03. The molecule has 0 bridgehead atoms. The molecule has 0 spiro atoms. The number of halogens is 3. The van der Waals surface area contributed by atoms with Crippen LogP contribution in [0.1, 0.15) is 5.56 Å². The molecule has 0 amide bonds. The number of rotatable bonds is 3. The number of pyridine rings is 1. The highest BCUT2D eigenvalue weighted by atomic mass is 35.5. The van der Waals surface area contributed by atoms with Gasteiger partial charge in [0.2, 0.25) is 5.88 Å². The summed E-state index contributed by atoms with van der Waals surface area (Å²) in [6.45, 7) is 0. The van der Waals surface area contributed by atoms with Gasteiger partial charge in [-0.05, 0) is 23.8 Å². The second-order valence-corrected chi connectivity index (χ2v) is 4.71. The highest BCUT2D eigenvalue weighted by molar-refractivity contribution is 6.18. The summed E-state index contributed by atoms with van der Waals surface area (Å²) in [5.41, 5.74) is 1.54. The minimum absolute atomic E-state index is 0.0836. The predicted octanol–water partition coefficient (Wildman–Crippen LogP) is 5.04. The Balaban J connectivity index is 2.04. The van der Waals surface area contributed by atoms with Crippen LogP contribution >= 0.6 is 11.6 Å². The van der Waals surface area contributed by atoms with Crippen molar-refractivity contribution in [3.05, 3.63) is 65.7 Å². The summed E-state index contributed by atoms with van der Waals surface area (Å²) in [4.78, 5) is 4.30. The topological polar surface area (TPSA) is 22.1 Å². The zero-order chi connectivity index (χ0) is 14.8. The van der Waals surface area contributed by atoms with Crippen LogP contribution in [0.5, 0.6) is 11.6 Å². The van der Waals surface area contributed by atoms with E-state index in [1.807, 2.05) is 24.3 Å². The first-order valence-electron chi connectivity index (χ1n) is 6.25. The van der Waals surface area contributed by atoms with Gasteiger partial charge in [0.15, 0.2) is 11.6 Å². The standard InChI is InChI=1S/C16H10ClF2NO/c17-9-10-7-16(20-14-4-2-1-3-12(10)14)21-15-6-5-11(18)8-13(15)19/h1-8H,9H2. The van der Waals surface area contributed by atoms with Crippen molar-refractivity contribution in [1.29, 1.82) is 0 Å². The number of nitrogens with zero attached hydrogens (tertiary/aromatic N) is 1. The summed E-state index contributed by atoms with van der Waals surface area (Å²) in [5, 5.41) is 0.916. The van der Waals surface area contributed by atoms with Crippen molar-refractivity contribution in [2.75, 3.05) is 0 Å². The molecule has 5 heteroatoms. The van der Waals surface area contributed by atoms with E-state index < -0.39 is 11.6 Å². The molecule has 0 aliphatic carbocycles. The third kappa shape index (κ3) is 2.81. The van der Waals surface area contributed by atoms with E-state index in [1.54, 1.807) is 6.07 Å². The quantitative estimate of drug-likeness (QED) is 0.632. The molecule has 1 heterocycles. The summed E-state index contributed by atoms with van der Waals surface area (Å²) in [6.07, 6.45) is 0. The second kappa shape index (κ2) is 5.66. The Morgan fingerprint density at radius 1 is 1.05 bits per heavy atom. The molecule has 0 saturated carbocycles. The number of hydrogen-bond donors (Lipinski definition) is 0. The zero-order valence-corrected chi connectivity index (χ0v) is 11.6. The molecule has 3 rings (SSSR count). The lowest BCUT2D eigenvalue weighted by Crippen LogP contribution is -1.94. The Morgan fingerprint density at radius 2 is 1.86 bits per heavy atom. The molecule has 0 atom stereocenters. The van der Waals surface area contributed by atoms with Gasteiger partial charge >= 0.3 is 0 Å². The molecule has 2 aromatic carbocycles. The van der Waals surface area contributed by atoms with Gasteiger partial charge in [-0.2, -0.15) is 0 Å². The van der Waals surface area contributed by atoms with Gasteiger partial charge in [0.25, 0.3) is 0 Å². The summed E-state index contributed by atoms with van der Waals surface area (Å²) in [7, 11) is 0. The second-order valence-electron chi connectivity index (χ2n) is 4.45. The Hall–Kier alpha value is -2.20. The maximum absolute atomic E-state index is 13.6. The van der Waals surface area contributed by atoms with Crippen molar-refractivity contribution in [1.82, 2.24) is 4.98 Å². The Kier molecular flexibility index (Phi) is 3.71. The summed E-state index contributed by atoms with van der Waals surface area (Å²) >= 11 is 5.93. The average Bonchev–Trinajstić information content (AvgIpc) is 2.49. The Morgan fingerprint density at radius 3 is 2.62 bits per heavy atom. The van der Waals surface area contributed by atoms with E-state index in [9.17, 15) is 8.78 Å². The molecule has 0 aliphatic rings. The highest BCUT2D eigenvalue weighted by Gasteiger charge is 2.10. The lowest BCUT2D eigenvalue weighted by Gasteiger charge is -2.09. The maximum Gasteiger partial charge on any atom is 0.220 e. The Bertz CT molecular complexity index is 807. The largest absolute Gasteiger partial charge is 0.436 e. The fraction of sp³-hybridized carbons (Fsp3) is 0.0625. The van der Waals surface area contributed by atoms with E-state index >= 15 is 0 Å². The number of aromatic nitrogens is 1. The smallest absolute Gasteiger partial charge is 0.220 e. The van der Waals surface area contributed by atoms with Gasteiger partial charge in [0.05, 0.1) is 5.52 Å². The molecule has 2 nitrogen and oxygen atoms in total. The van der Waals surface area contributed by atoms with Crippen molar-refractivity contribution in [2.24, 2.45) is 0 Å². The molecule has 3 aromatic rings. The first kappa shape index (κ1) is 13.8. The van der Waals surface area contributed by atoms with E-state index in [-0.39, 0.29) is 17.5 Å². The summed E-state index contributed by atoms with van der Waals surface area (Å²) in [6, 6.07) is 12.2. The zero-order valence-electron chi connectivity index (χ0n) is 10.8. The van der Waals surface area contributed by atoms with Crippen LogP contribution in [-0.2, 0) is 5.88 Å². The van der Waals surface area contributed by atoms with Crippen LogP contribution in [0, 0.1) is 11.6 Å². The minimum atomic E-state index is -0.780. The lowest BCUT2D eigenvalue weighted by molar-refractivity contribution is 0.425.